The molecule has 228 valence electrons. The summed E-state index contributed by atoms with van der Waals surface area (Å²) in [6.45, 7) is 4.14. The summed E-state index contributed by atoms with van der Waals surface area (Å²) >= 11 is 0. The number of carbonyl (C=O) groups excluding carboxylic acids is 5. The highest BCUT2D eigenvalue weighted by molar-refractivity contribution is 6.14. The molecule has 0 aromatic heterocycles. The molecule has 2 heterocycles. The molecule has 1 saturated heterocycles. The molecular formula is C30H30O13. The van der Waals surface area contributed by atoms with Gasteiger partial charge in [0.2, 0.25) is 18.2 Å². The number of fused-ring (bicyclic) bond motifs is 1. The lowest BCUT2D eigenvalue weighted by Crippen LogP contribution is -2.63. The van der Waals surface area contributed by atoms with Crippen molar-refractivity contribution >= 4 is 35.7 Å². The van der Waals surface area contributed by atoms with Gasteiger partial charge in [-0.2, -0.15) is 0 Å². The van der Waals surface area contributed by atoms with Crippen molar-refractivity contribution in [2.75, 3.05) is 13.7 Å². The minimum absolute atomic E-state index is 0.118. The highest BCUT2D eigenvalue weighted by Gasteiger charge is 2.53. The second kappa shape index (κ2) is 13.4. The van der Waals surface area contributed by atoms with Crippen molar-refractivity contribution in [1.29, 1.82) is 0 Å². The summed E-state index contributed by atoms with van der Waals surface area (Å²) in [5, 5.41) is 0. The fourth-order valence-electron chi connectivity index (χ4n) is 4.57. The van der Waals surface area contributed by atoms with E-state index in [1.54, 1.807) is 42.5 Å². The number of para-hydroxylation sites is 1. The zero-order chi connectivity index (χ0) is 31.3. The van der Waals surface area contributed by atoms with E-state index in [0.717, 1.165) is 20.8 Å². The first-order valence-corrected chi connectivity index (χ1v) is 13.1. The number of carbonyl (C=O) groups is 5. The number of Topliss-reactive ketones (excluding diaryl/α,β-unsaturated/α-hetero) is 1. The molecule has 0 amide bonds. The van der Waals surface area contributed by atoms with Gasteiger partial charge in [-0.15, -0.1) is 0 Å². The van der Waals surface area contributed by atoms with E-state index in [2.05, 4.69) is 0 Å². The predicted molar refractivity (Wildman–Crippen MR) is 145 cm³/mol. The number of benzene rings is 2. The third kappa shape index (κ3) is 7.49. The van der Waals surface area contributed by atoms with Gasteiger partial charge in [0.05, 0.1) is 12.7 Å². The Morgan fingerprint density at radius 1 is 0.814 bits per heavy atom. The molecule has 0 N–H and O–H groups in total. The van der Waals surface area contributed by atoms with E-state index < -0.39 is 61.2 Å². The van der Waals surface area contributed by atoms with Crippen molar-refractivity contribution in [3.8, 4) is 17.2 Å². The fraction of sp³-hybridized carbons (Fsp3) is 0.367. The van der Waals surface area contributed by atoms with E-state index in [1.165, 1.54) is 20.1 Å². The van der Waals surface area contributed by atoms with Gasteiger partial charge in [-0.1, -0.05) is 18.2 Å². The van der Waals surface area contributed by atoms with E-state index in [4.69, 9.17) is 37.9 Å². The van der Waals surface area contributed by atoms with Gasteiger partial charge in [0.1, 0.15) is 18.5 Å². The van der Waals surface area contributed by atoms with E-state index in [1.807, 2.05) is 0 Å². The van der Waals surface area contributed by atoms with Crippen molar-refractivity contribution in [1.82, 2.24) is 0 Å². The molecule has 2 aliphatic heterocycles. The van der Waals surface area contributed by atoms with Crippen molar-refractivity contribution in [3.63, 3.8) is 0 Å². The van der Waals surface area contributed by atoms with Crippen LogP contribution in [0.1, 0.15) is 43.6 Å². The smallest absolute Gasteiger partial charge is 0.303 e. The molecule has 0 radical (unpaired) electrons. The third-order valence-electron chi connectivity index (χ3n) is 6.25. The molecule has 0 aliphatic carbocycles. The summed E-state index contributed by atoms with van der Waals surface area (Å²) in [5.74, 6) is -2.31. The van der Waals surface area contributed by atoms with E-state index >= 15 is 0 Å². The minimum Gasteiger partial charge on any atom is -0.493 e. The molecule has 2 aromatic carbocycles. The van der Waals surface area contributed by atoms with Crippen LogP contribution in [0.15, 0.2) is 48.2 Å². The summed E-state index contributed by atoms with van der Waals surface area (Å²) in [6.07, 6.45) is -5.23. The Labute approximate surface area is 246 Å². The van der Waals surface area contributed by atoms with Crippen LogP contribution in [0.25, 0.3) is 6.08 Å². The number of hydrogen-bond donors (Lipinski definition) is 0. The third-order valence-corrected chi connectivity index (χ3v) is 6.25. The summed E-state index contributed by atoms with van der Waals surface area (Å²) in [7, 11) is 1.39. The summed E-state index contributed by atoms with van der Waals surface area (Å²) < 4.78 is 44.6. The summed E-state index contributed by atoms with van der Waals surface area (Å²) in [6, 6.07) is 11.6. The number of hydrogen-bond acceptors (Lipinski definition) is 13. The van der Waals surface area contributed by atoms with Crippen molar-refractivity contribution in [2.24, 2.45) is 0 Å². The predicted octanol–water partition coefficient (Wildman–Crippen LogP) is 2.77. The fourth-order valence-corrected chi connectivity index (χ4v) is 4.57. The normalized spacial score (nSPS) is 23.4. The van der Waals surface area contributed by atoms with Gasteiger partial charge in [0, 0.05) is 27.7 Å². The maximum atomic E-state index is 12.7. The summed E-state index contributed by atoms with van der Waals surface area (Å²) in [5.41, 5.74) is 0.992. The average molecular weight is 599 g/mol. The van der Waals surface area contributed by atoms with Gasteiger partial charge >= 0.3 is 23.9 Å². The molecule has 5 unspecified atom stereocenters. The van der Waals surface area contributed by atoms with Crippen LogP contribution in [0.4, 0.5) is 0 Å². The van der Waals surface area contributed by atoms with Gasteiger partial charge in [-0.3, -0.25) is 24.0 Å². The van der Waals surface area contributed by atoms with E-state index in [9.17, 15) is 24.0 Å². The molecule has 13 nitrogen and oxygen atoms in total. The molecule has 1 fully saturated rings. The van der Waals surface area contributed by atoms with Crippen LogP contribution < -0.4 is 14.2 Å². The Bertz CT molecular complexity index is 1450. The van der Waals surface area contributed by atoms with Crippen LogP contribution in [0.3, 0.4) is 0 Å². The molecule has 13 heteroatoms. The Kier molecular flexibility index (Phi) is 9.66. The Morgan fingerprint density at radius 2 is 1.47 bits per heavy atom. The SMILES string of the molecule is COc1cc(/C=C2\Oc3ccccc3C2=O)ccc1OC1OC(COC(C)=O)C(OC(C)=O)C(OC(C)=O)C1OC(C)=O. The van der Waals surface area contributed by atoms with Crippen LogP contribution in [-0.4, -0.2) is 74.1 Å². The first kappa shape index (κ1) is 31.0. The van der Waals surface area contributed by atoms with Gasteiger partial charge in [0.25, 0.3) is 0 Å². The van der Waals surface area contributed by atoms with Crippen molar-refractivity contribution in [3.05, 3.63) is 59.4 Å². The quantitative estimate of drug-likeness (QED) is 0.236. The highest BCUT2D eigenvalue weighted by Crippen LogP contribution is 2.36. The maximum Gasteiger partial charge on any atom is 0.303 e. The first-order valence-electron chi connectivity index (χ1n) is 13.1. The number of allylic oxidation sites excluding steroid dienone is 1. The molecule has 2 aliphatic rings. The van der Waals surface area contributed by atoms with Gasteiger partial charge in [0.15, 0.2) is 29.5 Å². The molecule has 0 spiro atoms. The van der Waals surface area contributed by atoms with Crippen LogP contribution in [0.5, 0.6) is 17.2 Å². The maximum absolute atomic E-state index is 12.7. The second-order valence-electron chi connectivity index (χ2n) is 9.53. The van der Waals surface area contributed by atoms with Gasteiger partial charge in [-0.05, 0) is 35.9 Å². The number of rotatable bonds is 9. The average Bonchev–Trinajstić information content (AvgIpc) is 3.25. The van der Waals surface area contributed by atoms with Crippen LogP contribution in [-0.2, 0) is 42.9 Å². The lowest BCUT2D eigenvalue weighted by atomic mass is 9.98. The van der Waals surface area contributed by atoms with Crippen molar-refractivity contribution < 1.29 is 61.9 Å². The zero-order valence-corrected chi connectivity index (χ0v) is 24.0. The van der Waals surface area contributed by atoms with E-state index in [-0.39, 0.29) is 23.0 Å². The van der Waals surface area contributed by atoms with Crippen molar-refractivity contribution in [2.45, 2.75) is 58.4 Å². The number of ether oxygens (including phenoxy) is 8. The summed E-state index contributed by atoms with van der Waals surface area (Å²) in [4.78, 5) is 60.4. The van der Waals surface area contributed by atoms with Gasteiger partial charge < -0.3 is 37.9 Å². The Balaban J connectivity index is 1.66. The molecule has 0 saturated carbocycles. The first-order chi connectivity index (χ1) is 20.5. The molecule has 5 atom stereocenters. The lowest BCUT2D eigenvalue weighted by Gasteiger charge is -2.44. The molecule has 4 rings (SSSR count). The second-order valence-corrected chi connectivity index (χ2v) is 9.53. The molecular weight excluding hydrogens is 568 g/mol. The number of methoxy groups -OCH3 is 1. The van der Waals surface area contributed by atoms with Crippen LogP contribution >= 0.6 is 0 Å². The number of ketones is 1. The zero-order valence-electron chi connectivity index (χ0n) is 24.0. The Morgan fingerprint density at radius 3 is 2.09 bits per heavy atom. The van der Waals surface area contributed by atoms with E-state index in [0.29, 0.717) is 16.9 Å². The lowest BCUT2D eigenvalue weighted by molar-refractivity contribution is -0.288. The van der Waals surface area contributed by atoms with Crippen LogP contribution in [0, 0.1) is 0 Å². The minimum atomic E-state index is -1.45. The number of esters is 4. The largest absolute Gasteiger partial charge is 0.493 e. The van der Waals surface area contributed by atoms with Gasteiger partial charge in [-0.25, -0.2) is 0 Å². The molecule has 0 bridgehead atoms. The topological polar surface area (TPSA) is 159 Å². The highest BCUT2D eigenvalue weighted by atomic mass is 16.7. The molecule has 43 heavy (non-hydrogen) atoms. The molecule has 2 aromatic rings. The Hall–Kier alpha value is -4.91. The van der Waals surface area contributed by atoms with Crippen LogP contribution in [0.2, 0.25) is 0 Å². The monoisotopic (exact) mass is 598 g/mol. The standard InChI is InChI=1S/C30H30O13/c1-15(31)37-14-25-27(38-16(2)32)28(39-17(3)33)29(40-18(4)34)30(43-25)42-22-11-10-19(12-23(22)36-5)13-24-26(35)20-8-6-7-9-21(20)41-24/h6-13,25,27-30H,14H2,1-5H3/b24-13-.